The number of aromatic hydroxyl groups is 1. The van der Waals surface area contributed by atoms with E-state index in [2.05, 4.69) is 5.32 Å². The van der Waals surface area contributed by atoms with Gasteiger partial charge in [0.2, 0.25) is 0 Å². The van der Waals surface area contributed by atoms with Gasteiger partial charge in [-0.05, 0) is 53.0 Å². The minimum absolute atomic E-state index is 0.0380. The molecule has 2 atom stereocenters. The van der Waals surface area contributed by atoms with Gasteiger partial charge in [-0.15, -0.1) is 0 Å². The van der Waals surface area contributed by atoms with Crippen molar-refractivity contribution in [2.24, 2.45) is 0 Å². The van der Waals surface area contributed by atoms with E-state index in [1.165, 1.54) is 6.07 Å². The number of rotatable bonds is 3. The summed E-state index contributed by atoms with van der Waals surface area (Å²) >= 11 is 0. The van der Waals surface area contributed by atoms with Crippen molar-refractivity contribution in [3.05, 3.63) is 29.6 Å². The Labute approximate surface area is 149 Å². The molecule has 2 N–H and O–H groups in total. The molecule has 1 aromatic carbocycles. The Kier molecular flexibility index (Phi) is 6.27. The number of phenols is 1. The van der Waals surface area contributed by atoms with Gasteiger partial charge in [0, 0.05) is 36.8 Å². The van der Waals surface area contributed by atoms with Crippen LogP contribution in [0.3, 0.4) is 0 Å². The molecule has 1 aromatic rings. The van der Waals surface area contributed by atoms with Crippen LogP contribution in [0.2, 0.25) is 0 Å². The van der Waals surface area contributed by atoms with E-state index in [4.69, 9.17) is 4.74 Å². The highest BCUT2D eigenvalue weighted by molar-refractivity contribution is 5.68. The van der Waals surface area contributed by atoms with E-state index < -0.39 is 11.4 Å². The highest BCUT2D eigenvalue weighted by atomic mass is 19.1. The molecule has 2 rings (SSSR count). The Hall–Kier alpha value is -1.82. The molecule has 0 aliphatic carbocycles. The van der Waals surface area contributed by atoms with Crippen molar-refractivity contribution < 1.29 is 19.0 Å². The van der Waals surface area contributed by atoms with Gasteiger partial charge < -0.3 is 20.1 Å². The van der Waals surface area contributed by atoms with Gasteiger partial charge in [0.1, 0.15) is 17.2 Å². The minimum atomic E-state index is -0.490. The highest BCUT2D eigenvalue weighted by Crippen LogP contribution is 2.26. The summed E-state index contributed by atoms with van der Waals surface area (Å²) in [7, 11) is 0. The van der Waals surface area contributed by atoms with E-state index in [1.807, 2.05) is 27.7 Å². The molecular formula is C19H29FN2O3. The first kappa shape index (κ1) is 19.5. The van der Waals surface area contributed by atoms with Gasteiger partial charge >= 0.3 is 6.09 Å². The maximum atomic E-state index is 13.1. The minimum Gasteiger partial charge on any atom is -0.508 e. The lowest BCUT2D eigenvalue weighted by molar-refractivity contribution is 0.0256. The topological polar surface area (TPSA) is 61.8 Å². The van der Waals surface area contributed by atoms with Crippen LogP contribution in [-0.2, 0) is 4.74 Å². The zero-order chi connectivity index (χ0) is 18.6. The molecule has 1 fully saturated rings. The summed E-state index contributed by atoms with van der Waals surface area (Å²) in [5.41, 5.74) is 0.185. The SMILES string of the molecule is CC(NC1CCCN(C(=O)OC(C)(C)C)CC1)c1ccc(F)cc1O. The maximum Gasteiger partial charge on any atom is 0.410 e. The van der Waals surface area contributed by atoms with Gasteiger partial charge in [-0.1, -0.05) is 6.07 Å². The number of benzene rings is 1. The Morgan fingerprint density at radius 1 is 1.36 bits per heavy atom. The smallest absolute Gasteiger partial charge is 0.410 e. The van der Waals surface area contributed by atoms with Crippen LogP contribution < -0.4 is 5.32 Å². The first-order chi connectivity index (χ1) is 11.7. The van der Waals surface area contributed by atoms with Crippen LogP contribution in [0.4, 0.5) is 9.18 Å². The maximum absolute atomic E-state index is 13.1. The molecule has 6 heteroatoms. The molecule has 0 saturated carbocycles. The van der Waals surface area contributed by atoms with Crippen molar-refractivity contribution in [2.45, 2.75) is 64.6 Å². The molecule has 0 aromatic heterocycles. The number of carbonyl (C=O) groups is 1. The summed E-state index contributed by atoms with van der Waals surface area (Å²) in [5.74, 6) is -0.486. The number of ether oxygens (including phenoxy) is 1. The molecule has 2 unspecified atom stereocenters. The third-order valence-corrected chi connectivity index (χ3v) is 4.32. The summed E-state index contributed by atoms with van der Waals surface area (Å²) in [5, 5.41) is 13.4. The molecule has 1 aliphatic rings. The summed E-state index contributed by atoms with van der Waals surface area (Å²) in [6.45, 7) is 8.86. The van der Waals surface area contributed by atoms with Gasteiger partial charge in [0.15, 0.2) is 0 Å². The van der Waals surface area contributed by atoms with Crippen LogP contribution in [0.15, 0.2) is 18.2 Å². The summed E-state index contributed by atoms with van der Waals surface area (Å²) in [6.07, 6.45) is 2.37. The lowest BCUT2D eigenvalue weighted by Gasteiger charge is -2.26. The lowest BCUT2D eigenvalue weighted by atomic mass is 10.0. The third kappa shape index (κ3) is 5.88. The average molecular weight is 352 g/mol. The van der Waals surface area contributed by atoms with Gasteiger partial charge in [0.05, 0.1) is 0 Å². The molecule has 1 amide bonds. The molecule has 5 nitrogen and oxygen atoms in total. The molecule has 1 saturated heterocycles. The van der Waals surface area contributed by atoms with Crippen LogP contribution >= 0.6 is 0 Å². The number of phenolic OH excluding ortho intramolecular Hbond substituents is 1. The number of hydrogen-bond donors (Lipinski definition) is 2. The second-order valence-electron chi connectivity index (χ2n) is 7.69. The van der Waals surface area contributed by atoms with Gasteiger partial charge in [-0.25, -0.2) is 9.18 Å². The summed E-state index contributed by atoms with van der Waals surface area (Å²) in [6, 6.07) is 4.21. The highest BCUT2D eigenvalue weighted by Gasteiger charge is 2.26. The molecular weight excluding hydrogens is 323 g/mol. The second kappa shape index (κ2) is 8.04. The number of likely N-dealkylation sites (tertiary alicyclic amines) is 1. The van der Waals surface area contributed by atoms with E-state index in [9.17, 15) is 14.3 Å². The van der Waals surface area contributed by atoms with E-state index >= 15 is 0 Å². The molecule has 0 spiro atoms. The van der Waals surface area contributed by atoms with Gasteiger partial charge in [0.25, 0.3) is 0 Å². The fourth-order valence-corrected chi connectivity index (χ4v) is 3.10. The van der Waals surface area contributed by atoms with Gasteiger partial charge in [-0.3, -0.25) is 0 Å². The van der Waals surface area contributed by atoms with Crippen LogP contribution in [-0.4, -0.2) is 40.8 Å². The fraction of sp³-hybridized carbons (Fsp3) is 0.632. The number of nitrogens with one attached hydrogen (secondary N) is 1. The van der Waals surface area contributed by atoms with Crippen molar-refractivity contribution in [1.82, 2.24) is 10.2 Å². The molecule has 0 radical (unpaired) electrons. The normalized spacial score (nSPS) is 20.0. The molecule has 25 heavy (non-hydrogen) atoms. The number of halogens is 1. The van der Waals surface area contributed by atoms with Crippen LogP contribution in [0, 0.1) is 5.82 Å². The predicted molar refractivity (Wildman–Crippen MR) is 95.1 cm³/mol. The summed E-state index contributed by atoms with van der Waals surface area (Å²) in [4.78, 5) is 14.0. The van der Waals surface area contributed by atoms with Crippen LogP contribution in [0.5, 0.6) is 5.75 Å². The number of hydrogen-bond acceptors (Lipinski definition) is 4. The Balaban J connectivity index is 1.91. The number of amides is 1. The van der Waals surface area contributed by atoms with Gasteiger partial charge in [-0.2, -0.15) is 0 Å². The second-order valence-corrected chi connectivity index (χ2v) is 7.69. The van der Waals surface area contributed by atoms with Crippen LogP contribution in [0.25, 0.3) is 0 Å². The Morgan fingerprint density at radius 3 is 2.72 bits per heavy atom. The average Bonchev–Trinajstić information content (AvgIpc) is 2.71. The molecule has 1 aliphatic heterocycles. The Bertz CT molecular complexity index is 601. The Morgan fingerprint density at radius 2 is 2.08 bits per heavy atom. The monoisotopic (exact) mass is 352 g/mol. The van der Waals surface area contributed by atoms with Crippen LogP contribution in [0.1, 0.15) is 58.6 Å². The van der Waals surface area contributed by atoms with Crippen molar-refractivity contribution in [2.75, 3.05) is 13.1 Å². The quantitative estimate of drug-likeness (QED) is 0.864. The third-order valence-electron chi connectivity index (χ3n) is 4.32. The number of nitrogens with zero attached hydrogens (tertiary/aromatic N) is 1. The van der Waals surface area contributed by atoms with E-state index in [-0.39, 0.29) is 23.9 Å². The zero-order valence-corrected chi connectivity index (χ0v) is 15.5. The van der Waals surface area contributed by atoms with E-state index in [1.54, 1.807) is 11.0 Å². The largest absolute Gasteiger partial charge is 0.508 e. The van der Waals surface area contributed by atoms with Crippen molar-refractivity contribution in [3.63, 3.8) is 0 Å². The van der Waals surface area contributed by atoms with Crippen molar-refractivity contribution in [3.8, 4) is 5.75 Å². The number of carbonyl (C=O) groups excluding carboxylic acids is 1. The van der Waals surface area contributed by atoms with E-state index in [0.29, 0.717) is 18.7 Å². The zero-order valence-electron chi connectivity index (χ0n) is 15.5. The standard InChI is InChI=1S/C19H29FN2O3/c1-13(16-8-7-14(20)12-17(16)23)21-15-6-5-10-22(11-9-15)18(24)25-19(2,3)4/h7-8,12-13,15,21,23H,5-6,9-11H2,1-4H3. The molecule has 140 valence electrons. The lowest BCUT2D eigenvalue weighted by Crippen LogP contribution is -2.38. The predicted octanol–water partition coefficient (Wildman–Crippen LogP) is 3.97. The summed E-state index contributed by atoms with van der Waals surface area (Å²) < 4.78 is 18.6. The van der Waals surface area contributed by atoms with Crippen molar-refractivity contribution in [1.29, 1.82) is 0 Å². The molecule has 0 bridgehead atoms. The van der Waals surface area contributed by atoms with Crippen molar-refractivity contribution >= 4 is 6.09 Å². The fourth-order valence-electron chi connectivity index (χ4n) is 3.10. The molecule has 1 heterocycles. The first-order valence-corrected chi connectivity index (χ1v) is 8.88. The first-order valence-electron chi connectivity index (χ1n) is 8.88. The van der Waals surface area contributed by atoms with E-state index in [0.717, 1.165) is 25.3 Å².